The number of guanidine groups is 1. The molecule has 6 amide bonds. The highest BCUT2D eigenvalue weighted by Crippen LogP contribution is 2.09. The van der Waals surface area contributed by atoms with E-state index >= 15 is 0 Å². The highest BCUT2D eigenvalue weighted by Gasteiger charge is 2.34. The molecular weight excluding hydrogens is 680 g/mol. The van der Waals surface area contributed by atoms with E-state index in [2.05, 4.69) is 37.2 Å². The number of rotatable bonds is 24. The Morgan fingerprint density at radius 2 is 1.15 bits per heavy atom. The third-order valence-electron chi connectivity index (χ3n) is 7.60. The second-order valence-electron chi connectivity index (χ2n) is 14.2. The minimum atomic E-state index is -1.56. The molecule has 0 saturated heterocycles. The number of amides is 6. The lowest BCUT2D eigenvalue weighted by Crippen LogP contribution is -2.61. The number of aliphatic hydroxyl groups excluding tert-OH is 1. The molecule has 52 heavy (non-hydrogen) atoms. The van der Waals surface area contributed by atoms with E-state index in [-0.39, 0.29) is 55.9 Å². The third kappa shape index (κ3) is 19.8. The molecule has 0 spiro atoms. The van der Waals surface area contributed by atoms with Crippen LogP contribution in [0.4, 0.5) is 0 Å². The van der Waals surface area contributed by atoms with Gasteiger partial charge in [0.15, 0.2) is 5.96 Å². The lowest BCUT2D eigenvalue weighted by atomic mass is 10.00. The highest BCUT2D eigenvalue weighted by molar-refractivity contribution is 5.96. The second kappa shape index (κ2) is 23.9. The third-order valence-corrected chi connectivity index (χ3v) is 7.60. The lowest BCUT2D eigenvalue weighted by molar-refractivity contribution is -0.142. The van der Waals surface area contributed by atoms with Crippen molar-refractivity contribution in [2.24, 2.45) is 29.2 Å². The van der Waals surface area contributed by atoms with Crippen LogP contribution in [-0.2, 0) is 33.6 Å². The lowest BCUT2D eigenvalue weighted by Gasteiger charge is -2.28. The molecule has 0 saturated carbocycles. The number of hydrogen-bond acceptors (Lipinski definition) is 10. The van der Waals surface area contributed by atoms with E-state index in [1.807, 2.05) is 27.7 Å². The minimum Gasteiger partial charge on any atom is -0.480 e. The highest BCUT2D eigenvalue weighted by atomic mass is 16.4. The number of aliphatic hydroxyl groups is 1. The molecular formula is C33H62N10O9. The van der Waals surface area contributed by atoms with Crippen LogP contribution >= 0.6 is 0 Å². The van der Waals surface area contributed by atoms with Crippen molar-refractivity contribution in [3.8, 4) is 0 Å². The Balaban J connectivity index is 5.79. The van der Waals surface area contributed by atoms with Crippen LogP contribution < -0.4 is 48.7 Å². The summed E-state index contributed by atoms with van der Waals surface area (Å²) in [5.41, 5.74) is 11.3. The molecule has 19 nitrogen and oxygen atoms in total. The zero-order valence-corrected chi connectivity index (χ0v) is 31.6. The number of carboxylic acids is 1. The van der Waals surface area contributed by atoms with Crippen molar-refractivity contribution in [1.82, 2.24) is 37.2 Å². The molecule has 7 atom stereocenters. The van der Waals surface area contributed by atoms with Gasteiger partial charge >= 0.3 is 5.97 Å². The topological polar surface area (TPSA) is 320 Å². The molecule has 0 unspecified atom stereocenters. The molecule has 0 aromatic carbocycles. The predicted octanol–water partition coefficient (Wildman–Crippen LogP) is -2.26. The Morgan fingerprint density at radius 1 is 0.635 bits per heavy atom. The molecule has 19 heteroatoms. The summed E-state index contributed by atoms with van der Waals surface area (Å²) >= 11 is 0. The summed E-state index contributed by atoms with van der Waals surface area (Å²) < 4.78 is 0. The molecule has 0 aromatic rings. The SMILES string of the molecule is CC(C)C[C@H](NC(=O)CNC(=O)[C@H](C)NC(=O)[C@H](CCCNC(=N)N)NC(=O)[C@@H](NC(=O)[C@H](CC(C)C)NC(=O)[C@@H](N)CC(C)C)[C@@H](C)O)C(=O)O. The van der Waals surface area contributed by atoms with Crippen LogP contribution in [0.2, 0.25) is 0 Å². The molecule has 0 aliphatic rings. The maximum absolute atomic E-state index is 13.5. The zero-order valence-electron chi connectivity index (χ0n) is 31.6. The summed E-state index contributed by atoms with van der Waals surface area (Å²) in [5, 5.41) is 44.4. The molecule has 14 N–H and O–H groups in total. The van der Waals surface area contributed by atoms with Crippen LogP contribution in [0.3, 0.4) is 0 Å². The molecule has 0 fully saturated rings. The molecule has 0 heterocycles. The summed E-state index contributed by atoms with van der Waals surface area (Å²) in [6.07, 6.45) is -0.492. The first-order valence-corrected chi connectivity index (χ1v) is 17.6. The van der Waals surface area contributed by atoms with Gasteiger partial charge in [0.2, 0.25) is 35.4 Å². The number of carbonyl (C=O) groups excluding carboxylic acids is 6. The van der Waals surface area contributed by atoms with Crippen LogP contribution in [0.5, 0.6) is 0 Å². The van der Waals surface area contributed by atoms with Crippen molar-refractivity contribution in [3.63, 3.8) is 0 Å². The van der Waals surface area contributed by atoms with Gasteiger partial charge in [0.25, 0.3) is 0 Å². The smallest absolute Gasteiger partial charge is 0.326 e. The standard InChI is InChI=1S/C33H62N10O9/c1-16(2)12-21(34)28(47)42-23(13-17(3)4)30(49)43-26(20(8)44)31(50)41-22(10-9-11-37-33(35)36)29(48)39-19(7)27(46)38-15-25(45)40-24(32(51)52)14-18(5)6/h16-24,26,44H,9-15,34H2,1-8H3,(H,38,46)(H,39,48)(H,40,45)(H,41,50)(H,42,47)(H,43,49)(H,51,52)(H4,35,36,37)/t19-,20+,21-,22-,23-,24-,26-/m0/s1. The number of nitrogens with two attached hydrogens (primary N) is 2. The van der Waals surface area contributed by atoms with E-state index in [0.29, 0.717) is 6.42 Å². The van der Waals surface area contributed by atoms with Crippen LogP contribution in [0, 0.1) is 23.2 Å². The van der Waals surface area contributed by atoms with Gasteiger partial charge in [-0.3, -0.25) is 34.2 Å². The number of hydrogen-bond donors (Lipinski definition) is 12. The normalized spacial score (nSPS) is 15.2. The van der Waals surface area contributed by atoms with E-state index in [9.17, 15) is 43.8 Å². The Morgan fingerprint density at radius 3 is 1.65 bits per heavy atom. The van der Waals surface area contributed by atoms with Crippen molar-refractivity contribution in [1.29, 1.82) is 5.41 Å². The maximum Gasteiger partial charge on any atom is 0.326 e. The first-order valence-electron chi connectivity index (χ1n) is 17.6. The van der Waals surface area contributed by atoms with Gasteiger partial charge in [0.05, 0.1) is 18.7 Å². The average molecular weight is 743 g/mol. The molecule has 0 aliphatic carbocycles. The number of carboxylic acid groups (broad SMARTS) is 1. The Labute approximate surface area is 305 Å². The van der Waals surface area contributed by atoms with Crippen LogP contribution in [-0.4, -0.2) is 113 Å². The fourth-order valence-corrected chi connectivity index (χ4v) is 4.95. The molecule has 0 radical (unpaired) electrons. The van der Waals surface area contributed by atoms with E-state index in [1.165, 1.54) is 13.8 Å². The predicted molar refractivity (Wildman–Crippen MR) is 193 cm³/mol. The van der Waals surface area contributed by atoms with Gasteiger partial charge in [-0.05, 0) is 63.7 Å². The molecule has 0 aliphatic heterocycles. The van der Waals surface area contributed by atoms with E-state index in [0.717, 1.165) is 0 Å². The molecule has 0 aromatic heterocycles. The quantitative estimate of drug-likeness (QED) is 0.0283. The second-order valence-corrected chi connectivity index (χ2v) is 14.2. The zero-order chi connectivity index (χ0) is 40.3. The van der Waals surface area contributed by atoms with Gasteiger partial charge in [0, 0.05) is 6.54 Å². The van der Waals surface area contributed by atoms with Crippen molar-refractivity contribution in [3.05, 3.63) is 0 Å². The first-order chi connectivity index (χ1) is 24.0. The van der Waals surface area contributed by atoms with E-state index in [4.69, 9.17) is 16.9 Å². The fourth-order valence-electron chi connectivity index (χ4n) is 4.95. The van der Waals surface area contributed by atoms with Crippen molar-refractivity contribution in [2.75, 3.05) is 13.1 Å². The van der Waals surface area contributed by atoms with Gasteiger partial charge in [-0.25, -0.2) is 4.79 Å². The van der Waals surface area contributed by atoms with Gasteiger partial charge in [-0.1, -0.05) is 41.5 Å². The Kier molecular flexibility index (Phi) is 21.8. The van der Waals surface area contributed by atoms with Crippen molar-refractivity contribution >= 4 is 47.4 Å². The maximum atomic E-state index is 13.5. The van der Waals surface area contributed by atoms with Gasteiger partial charge in [-0.15, -0.1) is 0 Å². The van der Waals surface area contributed by atoms with Crippen molar-refractivity contribution < 1.29 is 43.8 Å². The van der Waals surface area contributed by atoms with E-state index in [1.54, 1.807) is 13.8 Å². The molecule has 0 rings (SSSR count). The minimum absolute atomic E-state index is 0.0154. The number of carbonyl (C=O) groups is 7. The van der Waals surface area contributed by atoms with Crippen molar-refractivity contribution in [2.45, 2.75) is 130 Å². The largest absolute Gasteiger partial charge is 0.480 e. The van der Waals surface area contributed by atoms with Gasteiger partial charge in [-0.2, -0.15) is 0 Å². The van der Waals surface area contributed by atoms with E-state index < -0.39 is 90.3 Å². The van der Waals surface area contributed by atoms with Crippen LogP contribution in [0.15, 0.2) is 0 Å². The fraction of sp³-hybridized carbons (Fsp3) is 0.758. The van der Waals surface area contributed by atoms with Gasteiger partial charge < -0.3 is 58.9 Å². The average Bonchev–Trinajstić information content (AvgIpc) is 3.01. The first kappa shape index (κ1) is 47.5. The van der Waals surface area contributed by atoms with Crippen LogP contribution in [0.1, 0.15) is 87.5 Å². The monoisotopic (exact) mass is 742 g/mol. The Hall–Kier alpha value is -4.52. The summed E-state index contributed by atoms with van der Waals surface area (Å²) in [6.45, 7) is 13.2. The van der Waals surface area contributed by atoms with Gasteiger partial charge in [0.1, 0.15) is 30.2 Å². The summed E-state index contributed by atoms with van der Waals surface area (Å²) in [7, 11) is 0. The number of aliphatic carboxylic acids is 1. The van der Waals surface area contributed by atoms with Crippen LogP contribution in [0.25, 0.3) is 0 Å². The molecule has 298 valence electrons. The Bertz CT molecular complexity index is 1230. The summed E-state index contributed by atoms with van der Waals surface area (Å²) in [5.74, 6) is -6.04. The summed E-state index contributed by atoms with van der Waals surface area (Å²) in [4.78, 5) is 89.4. The molecule has 0 bridgehead atoms. The summed E-state index contributed by atoms with van der Waals surface area (Å²) in [6, 6.07) is -7.16. The number of nitrogens with one attached hydrogen (secondary N) is 8.